The van der Waals surface area contributed by atoms with E-state index >= 15 is 0 Å². The van der Waals surface area contributed by atoms with Gasteiger partial charge in [-0.2, -0.15) is 0 Å². The molecule has 0 unspecified atom stereocenters. The summed E-state index contributed by atoms with van der Waals surface area (Å²) in [5.41, 5.74) is -0.173. The molecule has 1 amide bonds. The van der Waals surface area contributed by atoms with Gasteiger partial charge in [-0.1, -0.05) is 0 Å². The van der Waals surface area contributed by atoms with E-state index in [-0.39, 0.29) is 17.6 Å². The second-order valence-corrected chi connectivity index (χ2v) is 5.09. The normalized spacial score (nSPS) is 28.4. The maximum atomic E-state index is 11.7. The Bertz CT molecular complexity index is 275. The van der Waals surface area contributed by atoms with Crippen LogP contribution in [0.25, 0.3) is 0 Å². The third-order valence-corrected chi connectivity index (χ3v) is 3.82. The lowest BCUT2D eigenvalue weighted by Crippen LogP contribution is -2.52. The summed E-state index contributed by atoms with van der Waals surface area (Å²) in [6, 6.07) is 0. The number of aliphatic hydroxyl groups is 1. The van der Waals surface area contributed by atoms with E-state index < -0.39 is 0 Å². The van der Waals surface area contributed by atoms with Gasteiger partial charge in [-0.15, -0.1) is 0 Å². The summed E-state index contributed by atoms with van der Waals surface area (Å²) < 4.78 is 5.85. The van der Waals surface area contributed by atoms with Gasteiger partial charge in [-0.05, 0) is 26.3 Å². The third-order valence-electron chi connectivity index (χ3n) is 3.82. The molecule has 2 aliphatic heterocycles. The number of piperidine rings is 1. The molecular weight excluding hydrogens is 220 g/mol. The number of likely N-dealkylation sites (N-methyl/N-ethyl adjacent to an activating group) is 1. The van der Waals surface area contributed by atoms with Gasteiger partial charge in [0.15, 0.2) is 0 Å². The maximum absolute atomic E-state index is 11.7. The smallest absolute Gasteiger partial charge is 0.236 e. The molecule has 17 heavy (non-hydrogen) atoms. The number of ether oxygens (including phenoxy) is 1. The van der Waals surface area contributed by atoms with Gasteiger partial charge in [0.25, 0.3) is 0 Å². The van der Waals surface area contributed by atoms with Crippen molar-refractivity contribution in [1.82, 2.24) is 10.2 Å². The number of nitrogens with zero attached hydrogens (tertiary/aromatic N) is 1. The molecule has 0 aromatic carbocycles. The molecule has 5 nitrogen and oxygen atoms in total. The van der Waals surface area contributed by atoms with E-state index in [1.165, 1.54) is 0 Å². The van der Waals surface area contributed by atoms with E-state index in [9.17, 15) is 9.90 Å². The van der Waals surface area contributed by atoms with Gasteiger partial charge in [-0.3, -0.25) is 4.79 Å². The topological polar surface area (TPSA) is 61.8 Å². The molecule has 2 heterocycles. The second kappa shape index (κ2) is 5.33. The first-order valence-electron chi connectivity index (χ1n) is 6.40. The standard InChI is InChI=1S/C12H22N2O3/c1-13-9-11(16)14-5-3-12(4-6-14)8-10(15)2-7-17-12/h10,13,15H,2-9H2,1H3/t10-/m1/s1. The fraction of sp³-hybridized carbons (Fsp3) is 0.917. The monoisotopic (exact) mass is 242 g/mol. The van der Waals surface area contributed by atoms with E-state index in [1.54, 1.807) is 7.05 Å². The Morgan fingerprint density at radius 3 is 2.82 bits per heavy atom. The summed E-state index contributed by atoms with van der Waals surface area (Å²) in [6.07, 6.45) is 2.92. The van der Waals surface area contributed by atoms with Crippen molar-refractivity contribution in [2.75, 3.05) is 33.3 Å². The zero-order valence-corrected chi connectivity index (χ0v) is 10.4. The van der Waals surface area contributed by atoms with E-state index in [1.807, 2.05) is 4.90 Å². The van der Waals surface area contributed by atoms with Gasteiger partial charge in [0.05, 0.1) is 18.2 Å². The number of likely N-dealkylation sites (tertiary alicyclic amines) is 1. The Hall–Kier alpha value is -0.650. The lowest BCUT2D eigenvalue weighted by atomic mass is 9.83. The quantitative estimate of drug-likeness (QED) is 0.700. The lowest BCUT2D eigenvalue weighted by Gasteiger charge is -2.45. The number of carbonyl (C=O) groups excluding carboxylic acids is 1. The van der Waals surface area contributed by atoms with Gasteiger partial charge >= 0.3 is 0 Å². The molecule has 0 aromatic heterocycles. The Labute approximate surface area is 102 Å². The molecule has 0 aromatic rings. The molecule has 0 aliphatic carbocycles. The fourth-order valence-corrected chi connectivity index (χ4v) is 2.78. The van der Waals surface area contributed by atoms with Crippen LogP contribution < -0.4 is 5.32 Å². The van der Waals surface area contributed by atoms with Gasteiger partial charge in [0.2, 0.25) is 5.91 Å². The predicted octanol–water partition coefficient (Wildman–Crippen LogP) is -0.262. The van der Waals surface area contributed by atoms with Crippen LogP contribution in [0.15, 0.2) is 0 Å². The second-order valence-electron chi connectivity index (χ2n) is 5.09. The Balaban J connectivity index is 1.86. The molecule has 2 saturated heterocycles. The van der Waals surface area contributed by atoms with Crippen molar-refractivity contribution in [3.8, 4) is 0 Å². The molecule has 2 N–H and O–H groups in total. The zero-order valence-electron chi connectivity index (χ0n) is 10.4. The molecule has 1 spiro atoms. The molecule has 2 aliphatic rings. The minimum atomic E-state index is -0.233. The first kappa shape index (κ1) is 12.8. The summed E-state index contributed by atoms with van der Waals surface area (Å²) in [4.78, 5) is 13.6. The summed E-state index contributed by atoms with van der Waals surface area (Å²) in [6.45, 7) is 2.53. The van der Waals surface area contributed by atoms with Crippen LogP contribution >= 0.6 is 0 Å². The fourth-order valence-electron chi connectivity index (χ4n) is 2.78. The van der Waals surface area contributed by atoms with Crippen molar-refractivity contribution in [2.24, 2.45) is 0 Å². The van der Waals surface area contributed by atoms with Crippen LogP contribution in [0, 0.1) is 0 Å². The van der Waals surface area contributed by atoms with Crippen molar-refractivity contribution in [3.05, 3.63) is 0 Å². The minimum absolute atomic E-state index is 0.152. The van der Waals surface area contributed by atoms with Crippen molar-refractivity contribution in [1.29, 1.82) is 0 Å². The Kier molecular flexibility index (Phi) is 4.01. The molecule has 98 valence electrons. The molecule has 2 rings (SSSR count). The van der Waals surface area contributed by atoms with E-state index in [4.69, 9.17) is 4.74 Å². The minimum Gasteiger partial charge on any atom is -0.393 e. The van der Waals surface area contributed by atoms with Gasteiger partial charge in [0, 0.05) is 26.1 Å². The van der Waals surface area contributed by atoms with Crippen LogP contribution in [0.1, 0.15) is 25.7 Å². The van der Waals surface area contributed by atoms with Crippen molar-refractivity contribution in [2.45, 2.75) is 37.4 Å². The van der Waals surface area contributed by atoms with Gasteiger partial charge in [0.1, 0.15) is 0 Å². The summed E-state index contributed by atoms with van der Waals surface area (Å²) >= 11 is 0. The van der Waals surface area contributed by atoms with Crippen LogP contribution in [0.5, 0.6) is 0 Å². The largest absolute Gasteiger partial charge is 0.393 e. The van der Waals surface area contributed by atoms with Crippen molar-refractivity contribution >= 4 is 5.91 Å². The van der Waals surface area contributed by atoms with Crippen LogP contribution in [-0.2, 0) is 9.53 Å². The van der Waals surface area contributed by atoms with E-state index in [0.717, 1.165) is 38.8 Å². The molecule has 1 atom stereocenters. The van der Waals surface area contributed by atoms with Gasteiger partial charge < -0.3 is 20.1 Å². The van der Waals surface area contributed by atoms with Crippen LogP contribution in [0.3, 0.4) is 0 Å². The van der Waals surface area contributed by atoms with Gasteiger partial charge in [-0.25, -0.2) is 0 Å². The third kappa shape index (κ3) is 2.97. The predicted molar refractivity (Wildman–Crippen MR) is 63.7 cm³/mol. The number of hydrogen-bond donors (Lipinski definition) is 2. The average Bonchev–Trinajstić information content (AvgIpc) is 2.30. The SMILES string of the molecule is CNCC(=O)N1CCC2(CC1)C[C@H](O)CCO2. The average molecular weight is 242 g/mol. The van der Waals surface area contributed by atoms with Crippen LogP contribution in [-0.4, -0.2) is 60.9 Å². The highest BCUT2D eigenvalue weighted by molar-refractivity contribution is 5.78. The molecular formula is C12H22N2O3. The number of amides is 1. The van der Waals surface area contributed by atoms with Crippen LogP contribution in [0.2, 0.25) is 0 Å². The highest BCUT2D eigenvalue weighted by atomic mass is 16.5. The number of carbonyl (C=O) groups is 1. The number of aliphatic hydroxyl groups excluding tert-OH is 1. The number of nitrogens with one attached hydrogen (secondary N) is 1. The van der Waals surface area contributed by atoms with E-state index in [2.05, 4.69) is 5.32 Å². The maximum Gasteiger partial charge on any atom is 0.236 e. The van der Waals surface area contributed by atoms with Crippen LogP contribution in [0.4, 0.5) is 0 Å². The number of rotatable bonds is 2. The first-order chi connectivity index (χ1) is 8.15. The Morgan fingerprint density at radius 1 is 1.53 bits per heavy atom. The molecule has 5 heteroatoms. The van der Waals surface area contributed by atoms with Crippen molar-refractivity contribution in [3.63, 3.8) is 0 Å². The Morgan fingerprint density at radius 2 is 2.24 bits per heavy atom. The molecule has 2 fully saturated rings. The summed E-state index contributed by atoms with van der Waals surface area (Å²) in [5, 5.41) is 12.6. The highest BCUT2D eigenvalue weighted by Gasteiger charge is 2.40. The molecule has 0 saturated carbocycles. The highest BCUT2D eigenvalue weighted by Crippen LogP contribution is 2.34. The zero-order chi connectivity index (χ0) is 12.3. The summed E-state index contributed by atoms with van der Waals surface area (Å²) in [5.74, 6) is 0.152. The summed E-state index contributed by atoms with van der Waals surface area (Å²) in [7, 11) is 1.78. The molecule has 0 radical (unpaired) electrons. The first-order valence-corrected chi connectivity index (χ1v) is 6.40. The van der Waals surface area contributed by atoms with Crippen molar-refractivity contribution < 1.29 is 14.6 Å². The molecule has 0 bridgehead atoms. The number of hydrogen-bond acceptors (Lipinski definition) is 4. The van der Waals surface area contributed by atoms with E-state index in [0.29, 0.717) is 13.2 Å². The lowest BCUT2D eigenvalue weighted by molar-refractivity contribution is -0.153.